The average molecular weight is 366 g/mol. The Bertz CT molecular complexity index is 752. The molecule has 1 aromatic carbocycles. The third-order valence-electron chi connectivity index (χ3n) is 1.97. The van der Waals surface area contributed by atoms with Gasteiger partial charge in [-0.1, -0.05) is 46.9 Å². The average Bonchev–Trinajstić information content (AvgIpc) is 2.24. The lowest BCUT2D eigenvalue weighted by Crippen LogP contribution is -2.22. The van der Waals surface area contributed by atoms with Crippen LogP contribution in [0, 0.1) is 0 Å². The molecule has 0 fully saturated rings. The van der Waals surface area contributed by atoms with Gasteiger partial charge in [-0.3, -0.25) is 0 Å². The fraction of sp³-hybridized carbons (Fsp3) is 0. The second-order valence-corrected chi connectivity index (χ2v) is 7.65. The van der Waals surface area contributed by atoms with Crippen molar-refractivity contribution in [2.24, 2.45) is 10.3 Å². The number of rotatable bonds is 3. The van der Waals surface area contributed by atoms with Crippen LogP contribution >= 0.6 is 34.8 Å². The van der Waals surface area contributed by atoms with E-state index < -0.39 is 34.3 Å². The zero-order chi connectivity index (χ0) is 15.0. The quantitative estimate of drug-likeness (QED) is 0.839. The molecule has 0 unspecified atom stereocenters. The minimum Gasteiger partial charge on any atom is -0.225 e. The van der Waals surface area contributed by atoms with E-state index in [1.807, 2.05) is 0 Å². The van der Waals surface area contributed by atoms with Gasteiger partial charge in [0.1, 0.15) is 14.3 Å². The Hall–Kier alpha value is -0.350. The number of nitrogens with two attached hydrogens (primary N) is 2. The van der Waals surface area contributed by atoms with E-state index in [4.69, 9.17) is 45.1 Å². The number of benzene rings is 1. The SMILES string of the molecule is NS(=O)(=O)c1cccc(C(Cl)=C(Cl)Cl)c1S(N)(=O)=O. The van der Waals surface area contributed by atoms with E-state index in [-0.39, 0.29) is 10.6 Å². The summed E-state index contributed by atoms with van der Waals surface area (Å²) < 4.78 is 45.4. The van der Waals surface area contributed by atoms with Gasteiger partial charge in [0.15, 0.2) is 0 Å². The highest BCUT2D eigenvalue weighted by Crippen LogP contribution is 2.34. The smallest absolute Gasteiger partial charge is 0.225 e. The Balaban J connectivity index is 3.95. The highest BCUT2D eigenvalue weighted by atomic mass is 35.5. The molecule has 0 aliphatic carbocycles. The highest BCUT2D eigenvalue weighted by Gasteiger charge is 2.26. The minimum atomic E-state index is -4.42. The van der Waals surface area contributed by atoms with Crippen molar-refractivity contribution >= 4 is 59.9 Å². The number of halogens is 3. The maximum absolute atomic E-state index is 11.5. The first-order chi connectivity index (χ1) is 8.46. The largest absolute Gasteiger partial charge is 0.240 e. The van der Waals surface area contributed by atoms with Gasteiger partial charge in [-0.15, -0.1) is 0 Å². The van der Waals surface area contributed by atoms with Crippen LogP contribution in [0.15, 0.2) is 32.5 Å². The maximum Gasteiger partial charge on any atom is 0.240 e. The minimum absolute atomic E-state index is 0.254. The summed E-state index contributed by atoms with van der Waals surface area (Å²) in [5, 5.41) is 9.54. The Morgan fingerprint density at radius 2 is 1.47 bits per heavy atom. The van der Waals surface area contributed by atoms with Crippen LogP contribution in [0.3, 0.4) is 0 Å². The Labute approximate surface area is 125 Å². The van der Waals surface area contributed by atoms with E-state index in [1.165, 1.54) is 12.1 Å². The number of hydrogen-bond acceptors (Lipinski definition) is 4. The lowest BCUT2D eigenvalue weighted by molar-refractivity contribution is 0.584. The number of sulfonamides is 2. The summed E-state index contributed by atoms with van der Waals surface area (Å²) in [4.78, 5) is -1.46. The van der Waals surface area contributed by atoms with Crippen LogP contribution in [0.25, 0.3) is 5.03 Å². The van der Waals surface area contributed by atoms with E-state index in [1.54, 1.807) is 0 Å². The van der Waals surface area contributed by atoms with Crippen molar-refractivity contribution in [3.8, 4) is 0 Å². The molecule has 0 heterocycles. The fourth-order valence-electron chi connectivity index (χ4n) is 1.31. The van der Waals surface area contributed by atoms with Gasteiger partial charge >= 0.3 is 0 Å². The van der Waals surface area contributed by atoms with Gasteiger partial charge < -0.3 is 0 Å². The highest BCUT2D eigenvalue weighted by molar-refractivity contribution is 7.92. The van der Waals surface area contributed by atoms with Crippen LogP contribution in [-0.2, 0) is 20.0 Å². The first kappa shape index (κ1) is 16.7. The Kier molecular flexibility index (Phi) is 4.89. The summed E-state index contributed by atoms with van der Waals surface area (Å²) in [7, 11) is -8.75. The fourth-order valence-corrected chi connectivity index (χ4v) is 3.88. The molecule has 1 aromatic rings. The van der Waals surface area contributed by atoms with Crippen molar-refractivity contribution in [1.29, 1.82) is 0 Å². The molecule has 6 nitrogen and oxygen atoms in total. The lowest BCUT2D eigenvalue weighted by atomic mass is 10.2. The van der Waals surface area contributed by atoms with Crippen molar-refractivity contribution in [3.63, 3.8) is 0 Å². The molecular formula is C8H7Cl3N2O4S2. The molecule has 106 valence electrons. The van der Waals surface area contributed by atoms with Crippen LogP contribution in [0.5, 0.6) is 0 Å². The van der Waals surface area contributed by atoms with Gasteiger partial charge in [0.05, 0.1) is 5.03 Å². The molecule has 0 bridgehead atoms. The molecule has 0 aliphatic rings. The van der Waals surface area contributed by atoms with Gasteiger partial charge in [0.25, 0.3) is 0 Å². The monoisotopic (exact) mass is 364 g/mol. The van der Waals surface area contributed by atoms with Crippen LogP contribution in [-0.4, -0.2) is 16.8 Å². The first-order valence-corrected chi connectivity index (χ1v) is 8.58. The third kappa shape index (κ3) is 3.82. The van der Waals surface area contributed by atoms with E-state index >= 15 is 0 Å². The van der Waals surface area contributed by atoms with Gasteiger partial charge in [-0.05, 0) is 6.07 Å². The predicted octanol–water partition coefficient (Wildman–Crippen LogP) is 1.32. The first-order valence-electron chi connectivity index (χ1n) is 4.36. The Morgan fingerprint density at radius 1 is 0.947 bits per heavy atom. The third-order valence-corrected chi connectivity index (χ3v) is 5.03. The second-order valence-electron chi connectivity index (χ2n) is 3.30. The normalized spacial score (nSPS) is 12.3. The molecule has 0 radical (unpaired) electrons. The van der Waals surface area contributed by atoms with Gasteiger partial charge in [-0.2, -0.15) is 0 Å². The van der Waals surface area contributed by atoms with E-state index in [0.717, 1.165) is 6.07 Å². The van der Waals surface area contributed by atoms with E-state index in [0.29, 0.717) is 0 Å². The lowest BCUT2D eigenvalue weighted by Gasteiger charge is -2.11. The van der Waals surface area contributed by atoms with E-state index in [2.05, 4.69) is 0 Å². The Morgan fingerprint density at radius 3 is 1.84 bits per heavy atom. The zero-order valence-electron chi connectivity index (χ0n) is 8.97. The van der Waals surface area contributed by atoms with Crippen LogP contribution in [0.2, 0.25) is 0 Å². The van der Waals surface area contributed by atoms with Gasteiger partial charge in [0.2, 0.25) is 20.0 Å². The number of primary sulfonamides is 2. The molecule has 0 spiro atoms. The molecule has 0 saturated heterocycles. The summed E-state index contributed by atoms with van der Waals surface area (Å²) in [5.74, 6) is 0. The molecule has 0 amide bonds. The summed E-state index contributed by atoms with van der Waals surface area (Å²) >= 11 is 16.6. The summed E-state index contributed by atoms with van der Waals surface area (Å²) in [6, 6.07) is 3.40. The summed E-state index contributed by atoms with van der Waals surface area (Å²) in [5.41, 5.74) is -0.254. The molecular weight excluding hydrogens is 359 g/mol. The zero-order valence-corrected chi connectivity index (χ0v) is 12.9. The van der Waals surface area contributed by atoms with Crippen molar-refractivity contribution in [3.05, 3.63) is 28.3 Å². The number of hydrogen-bond donors (Lipinski definition) is 2. The second kappa shape index (κ2) is 5.57. The molecule has 19 heavy (non-hydrogen) atoms. The molecule has 0 aliphatic heterocycles. The molecule has 0 atom stereocenters. The van der Waals surface area contributed by atoms with E-state index in [9.17, 15) is 16.8 Å². The van der Waals surface area contributed by atoms with Gasteiger partial charge in [0, 0.05) is 5.56 Å². The topological polar surface area (TPSA) is 120 Å². The molecule has 0 saturated carbocycles. The maximum atomic E-state index is 11.5. The molecule has 4 N–H and O–H groups in total. The van der Waals surface area contributed by atoms with Crippen LogP contribution < -0.4 is 10.3 Å². The predicted molar refractivity (Wildman–Crippen MR) is 73.7 cm³/mol. The standard InChI is InChI=1S/C8H7Cl3N2O4S2/c9-6(8(10)11)4-2-1-3-5(18(12,14)15)7(4)19(13,16)17/h1-3H,(H2,12,14,15)(H2,13,16,17). The molecule has 0 aromatic heterocycles. The molecule has 1 rings (SSSR count). The van der Waals surface area contributed by atoms with Crippen LogP contribution in [0.4, 0.5) is 0 Å². The van der Waals surface area contributed by atoms with Crippen molar-refractivity contribution < 1.29 is 16.8 Å². The van der Waals surface area contributed by atoms with Crippen molar-refractivity contribution in [2.45, 2.75) is 9.79 Å². The summed E-state index contributed by atoms with van der Waals surface area (Å²) in [6.45, 7) is 0. The summed E-state index contributed by atoms with van der Waals surface area (Å²) in [6.07, 6.45) is 0. The van der Waals surface area contributed by atoms with Crippen molar-refractivity contribution in [2.75, 3.05) is 0 Å². The van der Waals surface area contributed by atoms with Crippen molar-refractivity contribution in [1.82, 2.24) is 0 Å². The molecule has 11 heteroatoms. The van der Waals surface area contributed by atoms with Crippen LogP contribution in [0.1, 0.15) is 5.56 Å². The van der Waals surface area contributed by atoms with Gasteiger partial charge in [-0.25, -0.2) is 27.1 Å².